The van der Waals surface area contributed by atoms with Crippen LogP contribution in [0.15, 0.2) is 30.3 Å². The maximum Gasteiger partial charge on any atom is 0.326 e. The number of rotatable bonds is 5. The Morgan fingerprint density at radius 2 is 1.96 bits per heavy atom. The number of nitrogens with one attached hydrogen (secondary N) is 2. The molecule has 1 aliphatic carbocycles. The van der Waals surface area contributed by atoms with Crippen molar-refractivity contribution in [3.8, 4) is 0 Å². The Hall–Kier alpha value is -2.30. The number of aromatic amines is 1. The van der Waals surface area contributed by atoms with Crippen LogP contribution in [0.2, 0.25) is 0 Å². The van der Waals surface area contributed by atoms with Crippen LogP contribution in [0, 0.1) is 5.92 Å². The van der Waals surface area contributed by atoms with E-state index < -0.39 is 12.0 Å². The van der Waals surface area contributed by atoms with Crippen molar-refractivity contribution in [1.82, 2.24) is 10.3 Å². The first-order valence-corrected chi connectivity index (χ1v) is 8.25. The first kappa shape index (κ1) is 15.6. The fraction of sp³-hybridized carbons (Fsp3) is 0.444. The van der Waals surface area contributed by atoms with Gasteiger partial charge in [-0.1, -0.05) is 50.3 Å². The van der Waals surface area contributed by atoms with Crippen LogP contribution in [-0.4, -0.2) is 28.0 Å². The van der Waals surface area contributed by atoms with E-state index >= 15 is 0 Å². The number of carboxylic acids is 1. The molecule has 0 unspecified atom stereocenters. The zero-order valence-electron chi connectivity index (χ0n) is 13.0. The topological polar surface area (TPSA) is 82.2 Å². The molecule has 1 atom stereocenters. The van der Waals surface area contributed by atoms with Gasteiger partial charge in [0, 0.05) is 10.9 Å². The fourth-order valence-electron chi connectivity index (χ4n) is 3.41. The molecule has 1 aromatic carbocycles. The minimum absolute atomic E-state index is 0.357. The van der Waals surface area contributed by atoms with Gasteiger partial charge < -0.3 is 15.4 Å². The lowest BCUT2D eigenvalue weighted by Crippen LogP contribution is -2.42. The Morgan fingerprint density at radius 1 is 1.22 bits per heavy atom. The van der Waals surface area contributed by atoms with E-state index in [9.17, 15) is 14.7 Å². The molecule has 5 heteroatoms. The average molecular weight is 314 g/mol. The van der Waals surface area contributed by atoms with Gasteiger partial charge in [-0.2, -0.15) is 0 Å². The predicted octanol–water partition coefficient (Wildman–Crippen LogP) is 3.32. The second-order valence-electron chi connectivity index (χ2n) is 6.37. The highest BCUT2D eigenvalue weighted by atomic mass is 16.4. The Kier molecular flexibility index (Phi) is 4.65. The number of amides is 1. The molecule has 1 fully saturated rings. The van der Waals surface area contributed by atoms with Gasteiger partial charge >= 0.3 is 5.97 Å². The molecule has 3 N–H and O–H groups in total. The zero-order valence-corrected chi connectivity index (χ0v) is 13.0. The summed E-state index contributed by atoms with van der Waals surface area (Å²) in [5.41, 5.74) is 1.28. The number of hydrogen-bond donors (Lipinski definition) is 3. The maximum atomic E-state index is 12.4. The summed E-state index contributed by atoms with van der Waals surface area (Å²) in [6.45, 7) is 0. The van der Waals surface area contributed by atoms with Crippen molar-refractivity contribution >= 4 is 22.8 Å². The molecule has 1 aliphatic rings. The van der Waals surface area contributed by atoms with Gasteiger partial charge in [-0.15, -0.1) is 0 Å². The van der Waals surface area contributed by atoms with E-state index in [2.05, 4.69) is 10.3 Å². The zero-order chi connectivity index (χ0) is 16.2. The molecule has 0 aliphatic heterocycles. The Balaban J connectivity index is 1.68. The highest BCUT2D eigenvalue weighted by Gasteiger charge is 2.26. The van der Waals surface area contributed by atoms with Crippen molar-refractivity contribution < 1.29 is 14.7 Å². The maximum absolute atomic E-state index is 12.4. The van der Waals surface area contributed by atoms with E-state index in [4.69, 9.17) is 0 Å². The number of H-pyrrole nitrogens is 1. The normalized spacial score (nSPS) is 17.0. The highest BCUT2D eigenvalue weighted by molar-refractivity contribution is 5.99. The van der Waals surface area contributed by atoms with Crippen molar-refractivity contribution in [3.05, 3.63) is 36.0 Å². The monoisotopic (exact) mass is 314 g/mol. The second kappa shape index (κ2) is 6.86. The number of benzene rings is 1. The first-order valence-electron chi connectivity index (χ1n) is 8.25. The predicted molar refractivity (Wildman–Crippen MR) is 88.4 cm³/mol. The summed E-state index contributed by atoms with van der Waals surface area (Å²) < 4.78 is 0. The number of carbonyl (C=O) groups is 2. The minimum Gasteiger partial charge on any atom is -0.480 e. The van der Waals surface area contributed by atoms with E-state index in [0.717, 1.165) is 36.6 Å². The standard InChI is InChI=1S/C18H22N2O3/c21-17(15-11-13-8-4-5-9-14(13)19-15)20-16(18(22)23)10-12-6-2-1-3-7-12/h4-5,8-9,11-12,16,19H,1-3,6-7,10H2,(H,20,21)(H,22,23)/t16-/m1/s1. The lowest BCUT2D eigenvalue weighted by atomic mass is 9.85. The average Bonchev–Trinajstić information content (AvgIpc) is 2.99. The number of aliphatic carboxylic acids is 1. The quantitative estimate of drug-likeness (QED) is 0.791. The summed E-state index contributed by atoms with van der Waals surface area (Å²) in [5, 5.41) is 13.0. The number of hydrogen-bond acceptors (Lipinski definition) is 2. The SMILES string of the molecule is O=C(N[C@H](CC1CCCCC1)C(=O)O)c1cc2ccccc2[nH]1. The summed E-state index contributed by atoms with van der Waals surface area (Å²) >= 11 is 0. The van der Waals surface area contributed by atoms with Gasteiger partial charge in [0.2, 0.25) is 0 Å². The summed E-state index contributed by atoms with van der Waals surface area (Å²) in [4.78, 5) is 26.9. The largest absolute Gasteiger partial charge is 0.480 e. The van der Waals surface area contributed by atoms with Gasteiger partial charge in [0.25, 0.3) is 5.91 Å². The lowest BCUT2D eigenvalue weighted by Gasteiger charge is -2.24. The number of fused-ring (bicyclic) bond motifs is 1. The van der Waals surface area contributed by atoms with Crippen LogP contribution >= 0.6 is 0 Å². The Morgan fingerprint density at radius 3 is 2.65 bits per heavy atom. The summed E-state index contributed by atoms with van der Waals surface area (Å²) in [5.74, 6) is -0.919. The molecule has 2 aromatic rings. The van der Waals surface area contributed by atoms with Crippen molar-refractivity contribution in [2.24, 2.45) is 5.92 Å². The first-order chi connectivity index (χ1) is 11.1. The lowest BCUT2D eigenvalue weighted by molar-refractivity contribution is -0.139. The molecular formula is C18H22N2O3. The summed E-state index contributed by atoms with van der Waals surface area (Å²) in [6.07, 6.45) is 6.19. The molecule has 1 aromatic heterocycles. The molecule has 0 bridgehead atoms. The fourth-order valence-corrected chi connectivity index (χ4v) is 3.41. The Labute approximate surface area is 135 Å². The van der Waals surface area contributed by atoms with E-state index in [0.29, 0.717) is 18.0 Å². The molecule has 5 nitrogen and oxygen atoms in total. The van der Waals surface area contributed by atoms with Gasteiger partial charge in [0.05, 0.1) is 0 Å². The van der Waals surface area contributed by atoms with Gasteiger partial charge in [0.1, 0.15) is 11.7 Å². The minimum atomic E-state index is -0.958. The third-order valence-corrected chi connectivity index (χ3v) is 4.67. The molecule has 0 radical (unpaired) electrons. The summed E-state index contributed by atoms with van der Waals surface area (Å²) in [7, 11) is 0. The highest BCUT2D eigenvalue weighted by Crippen LogP contribution is 2.27. The van der Waals surface area contributed by atoms with E-state index in [1.165, 1.54) is 6.42 Å². The van der Waals surface area contributed by atoms with Crippen LogP contribution in [0.5, 0.6) is 0 Å². The molecule has 0 saturated heterocycles. The van der Waals surface area contributed by atoms with Crippen LogP contribution in [0.3, 0.4) is 0 Å². The van der Waals surface area contributed by atoms with Gasteiger partial charge in [-0.3, -0.25) is 4.79 Å². The summed E-state index contributed by atoms with van der Waals surface area (Å²) in [6, 6.07) is 8.54. The molecule has 3 rings (SSSR count). The van der Waals surface area contributed by atoms with E-state index in [1.807, 2.05) is 24.3 Å². The van der Waals surface area contributed by atoms with Crippen molar-refractivity contribution in [2.45, 2.75) is 44.6 Å². The van der Waals surface area contributed by atoms with Gasteiger partial charge in [-0.05, 0) is 24.5 Å². The van der Waals surface area contributed by atoms with Crippen molar-refractivity contribution in [2.75, 3.05) is 0 Å². The third-order valence-electron chi connectivity index (χ3n) is 4.67. The van der Waals surface area contributed by atoms with Gasteiger partial charge in [-0.25, -0.2) is 4.79 Å². The molecular weight excluding hydrogens is 292 g/mol. The van der Waals surface area contributed by atoms with Crippen molar-refractivity contribution in [3.63, 3.8) is 0 Å². The molecule has 1 saturated carbocycles. The molecule has 122 valence electrons. The van der Waals surface area contributed by atoms with Crippen LogP contribution < -0.4 is 5.32 Å². The molecule has 0 spiro atoms. The number of carbonyl (C=O) groups excluding carboxylic acids is 1. The second-order valence-corrected chi connectivity index (χ2v) is 6.37. The number of aromatic nitrogens is 1. The number of para-hydroxylation sites is 1. The smallest absolute Gasteiger partial charge is 0.326 e. The van der Waals surface area contributed by atoms with Gasteiger partial charge in [0.15, 0.2) is 0 Å². The van der Waals surface area contributed by atoms with Crippen LogP contribution in [0.4, 0.5) is 0 Å². The van der Waals surface area contributed by atoms with E-state index in [-0.39, 0.29) is 5.91 Å². The van der Waals surface area contributed by atoms with Crippen molar-refractivity contribution in [1.29, 1.82) is 0 Å². The molecule has 23 heavy (non-hydrogen) atoms. The molecule has 1 amide bonds. The van der Waals surface area contributed by atoms with Crippen LogP contribution in [0.1, 0.15) is 49.0 Å². The molecule has 1 heterocycles. The third kappa shape index (κ3) is 3.73. The van der Waals surface area contributed by atoms with E-state index in [1.54, 1.807) is 6.07 Å². The number of carboxylic acid groups (broad SMARTS) is 1. The van der Waals surface area contributed by atoms with Crippen LogP contribution in [0.25, 0.3) is 10.9 Å². The Bertz CT molecular complexity index is 668. The van der Waals surface area contributed by atoms with Crippen LogP contribution in [-0.2, 0) is 4.79 Å².